The molecule has 1 aromatic rings. The number of rotatable bonds is 3. The molecular weight excluding hydrogens is 248 g/mol. The van der Waals surface area contributed by atoms with Crippen LogP contribution in [0, 0.1) is 5.92 Å². The number of carbonyl (C=O) groups is 1. The summed E-state index contributed by atoms with van der Waals surface area (Å²) in [7, 11) is 0. The first kappa shape index (κ1) is 13.4. The topological polar surface area (TPSA) is 55.1 Å². The first-order valence-electron chi connectivity index (χ1n) is 6.44. The van der Waals surface area contributed by atoms with Crippen LogP contribution in [0.15, 0.2) is 24.3 Å². The van der Waals surface area contributed by atoms with Gasteiger partial charge in [0.15, 0.2) is 0 Å². The Labute approximate surface area is 113 Å². The number of halogens is 1. The van der Waals surface area contributed by atoms with Crippen molar-refractivity contribution in [2.45, 2.75) is 38.3 Å². The molecule has 1 fully saturated rings. The number of nitrogens with two attached hydrogens (primary N) is 1. The van der Waals surface area contributed by atoms with Crippen LogP contribution in [0.2, 0.25) is 5.02 Å². The molecule has 1 aliphatic carbocycles. The Kier molecular flexibility index (Phi) is 4.61. The van der Waals surface area contributed by atoms with Gasteiger partial charge in [0.25, 0.3) is 0 Å². The summed E-state index contributed by atoms with van der Waals surface area (Å²) in [6.07, 6.45) is 4.11. The Morgan fingerprint density at radius 3 is 2.61 bits per heavy atom. The predicted molar refractivity (Wildman–Crippen MR) is 73.2 cm³/mol. The molecule has 98 valence electrons. The summed E-state index contributed by atoms with van der Waals surface area (Å²) in [5, 5.41) is 3.66. The summed E-state index contributed by atoms with van der Waals surface area (Å²) < 4.78 is 0. The Bertz CT molecular complexity index is 405. The SMILES string of the molecule is NC1CCCCC1C(=O)NCc1ccc(Cl)cc1. The summed E-state index contributed by atoms with van der Waals surface area (Å²) >= 11 is 5.81. The van der Waals surface area contributed by atoms with Crippen molar-refractivity contribution in [2.24, 2.45) is 11.7 Å². The lowest BCUT2D eigenvalue weighted by molar-refractivity contribution is -0.126. The van der Waals surface area contributed by atoms with E-state index in [2.05, 4.69) is 5.32 Å². The number of carbonyl (C=O) groups excluding carboxylic acids is 1. The normalized spacial score (nSPS) is 23.7. The van der Waals surface area contributed by atoms with Gasteiger partial charge in [0.2, 0.25) is 5.91 Å². The number of amides is 1. The lowest BCUT2D eigenvalue weighted by Crippen LogP contribution is -2.43. The van der Waals surface area contributed by atoms with Gasteiger partial charge >= 0.3 is 0 Å². The van der Waals surface area contributed by atoms with Crippen LogP contribution in [0.1, 0.15) is 31.2 Å². The van der Waals surface area contributed by atoms with Gasteiger partial charge in [0, 0.05) is 17.6 Å². The maximum absolute atomic E-state index is 12.0. The third-order valence-electron chi connectivity index (χ3n) is 3.54. The maximum atomic E-state index is 12.0. The first-order chi connectivity index (χ1) is 8.66. The molecular formula is C14H19ClN2O. The van der Waals surface area contributed by atoms with Crippen LogP contribution in [0.25, 0.3) is 0 Å². The molecule has 18 heavy (non-hydrogen) atoms. The van der Waals surface area contributed by atoms with Crippen molar-refractivity contribution in [3.05, 3.63) is 34.9 Å². The third-order valence-corrected chi connectivity index (χ3v) is 3.79. The zero-order valence-electron chi connectivity index (χ0n) is 10.4. The minimum atomic E-state index is -0.0222. The van der Waals surface area contributed by atoms with E-state index < -0.39 is 0 Å². The van der Waals surface area contributed by atoms with Crippen molar-refractivity contribution in [1.29, 1.82) is 0 Å². The second-order valence-electron chi connectivity index (χ2n) is 4.90. The van der Waals surface area contributed by atoms with Gasteiger partial charge in [0.05, 0.1) is 5.92 Å². The third kappa shape index (κ3) is 3.47. The average molecular weight is 267 g/mol. The van der Waals surface area contributed by atoms with Gasteiger partial charge < -0.3 is 11.1 Å². The minimum Gasteiger partial charge on any atom is -0.352 e. The molecule has 0 radical (unpaired) electrons. The lowest BCUT2D eigenvalue weighted by atomic mass is 9.84. The lowest BCUT2D eigenvalue weighted by Gasteiger charge is -2.27. The molecule has 3 N–H and O–H groups in total. The zero-order chi connectivity index (χ0) is 13.0. The predicted octanol–water partition coefficient (Wildman–Crippen LogP) is 2.47. The Morgan fingerprint density at radius 1 is 1.28 bits per heavy atom. The van der Waals surface area contributed by atoms with Crippen molar-refractivity contribution in [1.82, 2.24) is 5.32 Å². The van der Waals surface area contributed by atoms with E-state index in [-0.39, 0.29) is 17.9 Å². The molecule has 1 amide bonds. The molecule has 2 atom stereocenters. The number of hydrogen-bond acceptors (Lipinski definition) is 2. The molecule has 1 aliphatic rings. The molecule has 0 saturated heterocycles. The van der Waals surface area contributed by atoms with Crippen LogP contribution in [-0.4, -0.2) is 11.9 Å². The molecule has 3 nitrogen and oxygen atoms in total. The second-order valence-corrected chi connectivity index (χ2v) is 5.34. The van der Waals surface area contributed by atoms with Gasteiger partial charge in [-0.15, -0.1) is 0 Å². The zero-order valence-corrected chi connectivity index (χ0v) is 11.1. The van der Waals surface area contributed by atoms with Gasteiger partial charge in [-0.2, -0.15) is 0 Å². The summed E-state index contributed by atoms with van der Waals surface area (Å²) in [6, 6.07) is 7.52. The van der Waals surface area contributed by atoms with E-state index in [0.29, 0.717) is 11.6 Å². The fraction of sp³-hybridized carbons (Fsp3) is 0.500. The van der Waals surface area contributed by atoms with Gasteiger partial charge in [-0.05, 0) is 30.5 Å². The summed E-state index contributed by atoms with van der Waals surface area (Å²) in [6.45, 7) is 0.541. The van der Waals surface area contributed by atoms with Crippen molar-refractivity contribution < 1.29 is 4.79 Å². The molecule has 0 aliphatic heterocycles. The summed E-state index contributed by atoms with van der Waals surface area (Å²) in [5.74, 6) is 0.0585. The van der Waals surface area contributed by atoms with E-state index in [1.54, 1.807) is 0 Å². The molecule has 1 saturated carbocycles. The largest absolute Gasteiger partial charge is 0.352 e. The van der Waals surface area contributed by atoms with Gasteiger partial charge in [-0.3, -0.25) is 4.79 Å². The van der Waals surface area contributed by atoms with Crippen LogP contribution in [-0.2, 0) is 11.3 Å². The highest BCUT2D eigenvalue weighted by Crippen LogP contribution is 2.23. The van der Waals surface area contributed by atoms with Crippen LogP contribution in [0.5, 0.6) is 0 Å². The molecule has 0 heterocycles. The van der Waals surface area contributed by atoms with Gasteiger partial charge in [-0.1, -0.05) is 36.6 Å². The average Bonchev–Trinajstić information content (AvgIpc) is 2.38. The second kappa shape index (κ2) is 6.21. The Morgan fingerprint density at radius 2 is 1.94 bits per heavy atom. The summed E-state index contributed by atoms with van der Waals surface area (Å²) in [5.41, 5.74) is 7.04. The number of nitrogens with one attached hydrogen (secondary N) is 1. The molecule has 0 bridgehead atoms. The molecule has 2 unspecified atom stereocenters. The van der Waals surface area contributed by atoms with E-state index in [9.17, 15) is 4.79 Å². The van der Waals surface area contributed by atoms with E-state index >= 15 is 0 Å². The van der Waals surface area contributed by atoms with Crippen molar-refractivity contribution in [3.8, 4) is 0 Å². The van der Waals surface area contributed by atoms with Crippen molar-refractivity contribution in [2.75, 3.05) is 0 Å². The summed E-state index contributed by atoms with van der Waals surface area (Å²) in [4.78, 5) is 12.0. The fourth-order valence-corrected chi connectivity index (χ4v) is 2.53. The highest BCUT2D eigenvalue weighted by atomic mass is 35.5. The number of hydrogen-bond donors (Lipinski definition) is 2. The molecule has 1 aromatic carbocycles. The number of benzene rings is 1. The smallest absolute Gasteiger partial charge is 0.224 e. The minimum absolute atomic E-state index is 0.0176. The van der Waals surface area contributed by atoms with Crippen LogP contribution in [0.3, 0.4) is 0 Å². The molecule has 0 spiro atoms. The van der Waals surface area contributed by atoms with Crippen LogP contribution in [0.4, 0.5) is 0 Å². The molecule has 4 heteroatoms. The Hall–Kier alpha value is -1.06. The van der Waals surface area contributed by atoms with E-state index in [4.69, 9.17) is 17.3 Å². The first-order valence-corrected chi connectivity index (χ1v) is 6.82. The fourth-order valence-electron chi connectivity index (χ4n) is 2.41. The quantitative estimate of drug-likeness (QED) is 0.883. The molecule has 2 rings (SSSR count). The van der Waals surface area contributed by atoms with E-state index in [1.807, 2.05) is 24.3 Å². The van der Waals surface area contributed by atoms with Gasteiger partial charge in [-0.25, -0.2) is 0 Å². The highest BCUT2D eigenvalue weighted by Gasteiger charge is 2.27. The van der Waals surface area contributed by atoms with Crippen LogP contribution < -0.4 is 11.1 Å². The van der Waals surface area contributed by atoms with Gasteiger partial charge in [0.1, 0.15) is 0 Å². The maximum Gasteiger partial charge on any atom is 0.224 e. The monoisotopic (exact) mass is 266 g/mol. The standard InChI is InChI=1S/C14H19ClN2O/c15-11-7-5-10(6-8-11)9-17-14(18)12-3-1-2-4-13(12)16/h5-8,12-13H,1-4,9,16H2,(H,17,18). The van der Waals surface area contributed by atoms with E-state index in [0.717, 1.165) is 31.2 Å². The van der Waals surface area contributed by atoms with E-state index in [1.165, 1.54) is 0 Å². The highest BCUT2D eigenvalue weighted by molar-refractivity contribution is 6.30. The van der Waals surface area contributed by atoms with Crippen molar-refractivity contribution >= 4 is 17.5 Å². The van der Waals surface area contributed by atoms with Crippen molar-refractivity contribution in [3.63, 3.8) is 0 Å². The molecule has 0 aromatic heterocycles. The van der Waals surface area contributed by atoms with Crippen LogP contribution >= 0.6 is 11.6 Å². The Balaban J connectivity index is 1.85.